The summed E-state index contributed by atoms with van der Waals surface area (Å²) in [7, 11) is 0. The third kappa shape index (κ3) is 6.28. The number of para-hydroxylation sites is 1. The Hall–Kier alpha value is -3.19. The van der Waals surface area contributed by atoms with Crippen molar-refractivity contribution in [1.82, 2.24) is 0 Å². The maximum atomic E-state index is 12.6. The highest BCUT2D eigenvalue weighted by molar-refractivity contribution is 8.18. The molecule has 5 nitrogen and oxygen atoms in total. The number of halogens is 2. The number of aliphatic imine (C=N–C) groups is 1. The van der Waals surface area contributed by atoms with E-state index >= 15 is 0 Å². The van der Waals surface area contributed by atoms with Gasteiger partial charge in [0, 0.05) is 5.02 Å². The van der Waals surface area contributed by atoms with Gasteiger partial charge in [-0.3, -0.25) is 0 Å². The minimum Gasteiger partial charge on any atom is -0.506 e. The second-order valence-corrected chi connectivity index (χ2v) is 9.29. The van der Waals surface area contributed by atoms with Gasteiger partial charge in [0.05, 0.1) is 22.2 Å². The maximum Gasteiger partial charge on any atom is 0.344 e. The number of aliphatic hydroxyl groups excluding tert-OH is 1. The number of hydrogen-bond acceptors (Lipinski definition) is 6. The quantitative estimate of drug-likeness (QED) is 0.319. The topological polar surface area (TPSA) is 68.1 Å². The summed E-state index contributed by atoms with van der Waals surface area (Å²) in [5, 5.41) is 12.3. The van der Waals surface area contributed by atoms with E-state index in [1.807, 2.05) is 48.5 Å². The van der Waals surface area contributed by atoms with E-state index in [4.69, 9.17) is 32.7 Å². The number of rotatable bonds is 7. The molecule has 35 heavy (non-hydrogen) atoms. The smallest absolute Gasteiger partial charge is 0.344 e. The third-order valence-corrected chi connectivity index (χ3v) is 6.49. The van der Waals surface area contributed by atoms with Crippen LogP contribution in [0.2, 0.25) is 10.0 Å². The Bertz CT molecular complexity index is 1320. The minimum atomic E-state index is -0.625. The Balaban J connectivity index is 1.58. The zero-order valence-electron chi connectivity index (χ0n) is 18.7. The van der Waals surface area contributed by atoms with Gasteiger partial charge >= 0.3 is 5.97 Å². The molecule has 4 rings (SSSR count). The molecule has 0 unspecified atom stereocenters. The largest absolute Gasteiger partial charge is 0.506 e. The van der Waals surface area contributed by atoms with Crippen LogP contribution in [0.15, 0.2) is 94.0 Å². The van der Waals surface area contributed by atoms with Crippen LogP contribution in [0.5, 0.6) is 5.75 Å². The highest BCUT2D eigenvalue weighted by Gasteiger charge is 2.33. The van der Waals surface area contributed by atoms with Gasteiger partial charge in [-0.2, -0.15) is 0 Å². The van der Waals surface area contributed by atoms with E-state index in [9.17, 15) is 9.90 Å². The van der Waals surface area contributed by atoms with Crippen LogP contribution in [0.3, 0.4) is 0 Å². The number of esters is 1. The monoisotopic (exact) mass is 525 g/mol. The van der Waals surface area contributed by atoms with E-state index in [2.05, 4.69) is 4.99 Å². The Morgan fingerprint density at radius 2 is 1.80 bits per heavy atom. The van der Waals surface area contributed by atoms with Crippen molar-refractivity contribution in [1.29, 1.82) is 0 Å². The first-order chi connectivity index (χ1) is 16.9. The van der Waals surface area contributed by atoms with Crippen molar-refractivity contribution in [2.24, 2.45) is 4.99 Å². The summed E-state index contributed by atoms with van der Waals surface area (Å²) in [4.78, 5) is 17.6. The van der Waals surface area contributed by atoms with Crippen LogP contribution in [-0.4, -0.2) is 22.7 Å². The second kappa shape index (κ2) is 11.5. The zero-order valence-corrected chi connectivity index (χ0v) is 21.0. The molecular formula is C27H21Cl2NO4S. The highest BCUT2D eigenvalue weighted by Crippen LogP contribution is 2.40. The van der Waals surface area contributed by atoms with Crippen LogP contribution in [0.25, 0.3) is 6.08 Å². The summed E-state index contributed by atoms with van der Waals surface area (Å²) < 4.78 is 11.0. The molecule has 0 bridgehead atoms. The molecule has 0 saturated heterocycles. The van der Waals surface area contributed by atoms with Crippen LogP contribution in [-0.2, 0) is 16.1 Å². The van der Waals surface area contributed by atoms with Crippen LogP contribution >= 0.6 is 35.0 Å². The molecule has 0 radical (unpaired) electrons. The number of aliphatic hydroxyl groups is 1. The fourth-order valence-electron chi connectivity index (χ4n) is 3.23. The molecule has 1 heterocycles. The van der Waals surface area contributed by atoms with Crippen molar-refractivity contribution in [2.75, 3.05) is 6.61 Å². The first-order valence-corrected chi connectivity index (χ1v) is 12.3. The van der Waals surface area contributed by atoms with Crippen LogP contribution in [0.1, 0.15) is 18.1 Å². The molecule has 1 aliphatic heterocycles. The Morgan fingerprint density at radius 1 is 1.06 bits per heavy atom. The van der Waals surface area contributed by atoms with Gasteiger partial charge in [-0.15, -0.1) is 0 Å². The molecule has 0 saturated carbocycles. The summed E-state index contributed by atoms with van der Waals surface area (Å²) in [6.07, 6.45) is 1.74. The summed E-state index contributed by atoms with van der Waals surface area (Å²) in [5.41, 5.74) is 2.40. The number of benzene rings is 3. The third-order valence-electron chi connectivity index (χ3n) is 4.92. The number of nitrogens with zero attached hydrogens (tertiary/aromatic N) is 1. The Morgan fingerprint density at radius 3 is 2.49 bits per heavy atom. The first-order valence-electron chi connectivity index (χ1n) is 10.8. The lowest BCUT2D eigenvalue weighted by atomic mass is 10.1. The molecule has 8 heteroatoms. The zero-order chi connectivity index (χ0) is 24.8. The van der Waals surface area contributed by atoms with Crippen molar-refractivity contribution in [3.05, 3.63) is 110 Å². The predicted octanol–water partition coefficient (Wildman–Crippen LogP) is 7.77. The average Bonchev–Trinajstić information content (AvgIpc) is 3.14. The number of hydrogen-bond donors (Lipinski definition) is 1. The number of carbonyl (C=O) groups is 1. The van der Waals surface area contributed by atoms with Gasteiger partial charge in [-0.1, -0.05) is 71.4 Å². The van der Waals surface area contributed by atoms with Gasteiger partial charge in [0.15, 0.2) is 0 Å². The van der Waals surface area contributed by atoms with Gasteiger partial charge in [0.25, 0.3) is 0 Å². The SMILES string of the molecule is CCOC(=O)C1=C(O)/C(=C/c2ccc(OCc3ccc(Cl)cc3)c(Cl)c2)SC1=Nc1ccccc1. The molecule has 3 aromatic carbocycles. The van der Waals surface area contributed by atoms with Crippen molar-refractivity contribution < 1.29 is 19.4 Å². The lowest BCUT2D eigenvalue weighted by Gasteiger charge is -2.09. The lowest BCUT2D eigenvalue weighted by Crippen LogP contribution is -2.12. The molecule has 0 aliphatic carbocycles. The predicted molar refractivity (Wildman–Crippen MR) is 143 cm³/mol. The standard InChI is InChI=1S/C27H21Cl2NO4S/c1-2-33-27(32)24-25(31)23(35-26(24)30-20-6-4-3-5-7-20)15-18-10-13-22(21(29)14-18)34-16-17-8-11-19(28)12-9-17/h3-15,31H,2,16H2,1H3/b23-15-,30-26?. The summed E-state index contributed by atoms with van der Waals surface area (Å²) in [6.45, 7) is 2.24. The first kappa shape index (κ1) is 24.9. The minimum absolute atomic E-state index is 0.0426. The van der Waals surface area contributed by atoms with Crippen molar-refractivity contribution >= 4 is 57.7 Å². The van der Waals surface area contributed by atoms with Crippen molar-refractivity contribution in [2.45, 2.75) is 13.5 Å². The summed E-state index contributed by atoms with van der Waals surface area (Å²) in [5.74, 6) is -0.275. The molecule has 178 valence electrons. The van der Waals surface area contributed by atoms with Crippen molar-refractivity contribution in [3.63, 3.8) is 0 Å². The lowest BCUT2D eigenvalue weighted by molar-refractivity contribution is -0.138. The number of ether oxygens (including phenoxy) is 2. The molecule has 0 aromatic heterocycles. The molecule has 1 N–H and O–H groups in total. The fraction of sp³-hybridized carbons (Fsp3) is 0.111. The Labute approximate surface area is 217 Å². The van der Waals surface area contributed by atoms with Gasteiger partial charge in [0.1, 0.15) is 28.7 Å². The summed E-state index contributed by atoms with van der Waals surface area (Å²) >= 11 is 13.6. The molecule has 0 spiro atoms. The fourth-order valence-corrected chi connectivity index (χ4v) is 4.63. The van der Waals surface area contributed by atoms with Gasteiger partial charge in [-0.25, -0.2) is 9.79 Å². The number of carbonyl (C=O) groups excluding carboxylic acids is 1. The van der Waals surface area contributed by atoms with E-state index < -0.39 is 5.97 Å². The molecular weight excluding hydrogens is 505 g/mol. The van der Waals surface area contributed by atoms with Crippen molar-refractivity contribution in [3.8, 4) is 5.75 Å². The van der Waals surface area contributed by atoms with E-state index in [1.165, 1.54) is 11.8 Å². The van der Waals surface area contributed by atoms with E-state index in [0.717, 1.165) is 11.1 Å². The van der Waals surface area contributed by atoms with Gasteiger partial charge in [0.2, 0.25) is 0 Å². The van der Waals surface area contributed by atoms with Crippen LogP contribution in [0.4, 0.5) is 5.69 Å². The molecule has 0 fully saturated rings. The molecule has 1 aliphatic rings. The second-order valence-electron chi connectivity index (χ2n) is 7.41. The summed E-state index contributed by atoms with van der Waals surface area (Å²) in [6, 6.07) is 21.9. The maximum absolute atomic E-state index is 12.6. The Kier molecular flexibility index (Phi) is 8.18. The van der Waals surface area contributed by atoms with E-state index in [1.54, 1.807) is 37.3 Å². The highest BCUT2D eigenvalue weighted by atomic mass is 35.5. The van der Waals surface area contributed by atoms with Crippen LogP contribution < -0.4 is 4.74 Å². The molecule has 0 atom stereocenters. The average molecular weight is 526 g/mol. The van der Waals surface area contributed by atoms with E-state index in [0.29, 0.717) is 38.0 Å². The normalized spacial score (nSPS) is 15.6. The van der Waals surface area contributed by atoms with Crippen LogP contribution in [0, 0.1) is 0 Å². The van der Waals surface area contributed by atoms with E-state index in [-0.39, 0.29) is 17.9 Å². The molecule has 0 amide bonds. The number of thioether (sulfide) groups is 1. The van der Waals surface area contributed by atoms with Gasteiger partial charge in [-0.05, 0) is 60.5 Å². The molecule has 3 aromatic rings. The van der Waals surface area contributed by atoms with Gasteiger partial charge < -0.3 is 14.6 Å².